The van der Waals surface area contributed by atoms with Crippen molar-refractivity contribution in [3.8, 4) is 11.5 Å². The fraction of sp³-hybridized carbons (Fsp3) is 0.324. The second-order valence-corrected chi connectivity index (χ2v) is 12.9. The summed E-state index contributed by atoms with van der Waals surface area (Å²) in [6.07, 6.45) is 1.89. The number of benzene rings is 3. The zero-order valence-electron chi connectivity index (χ0n) is 24.8. The molecule has 230 valence electrons. The summed E-state index contributed by atoms with van der Waals surface area (Å²) in [6.45, 7) is 9.52. The van der Waals surface area contributed by atoms with Crippen LogP contribution in [-0.4, -0.2) is 45.4 Å². The van der Waals surface area contributed by atoms with Crippen LogP contribution in [0, 0.1) is 17.2 Å². The minimum atomic E-state index is -1.46. The van der Waals surface area contributed by atoms with Gasteiger partial charge in [0.15, 0.2) is 0 Å². The van der Waals surface area contributed by atoms with Gasteiger partial charge in [0.2, 0.25) is 11.8 Å². The van der Waals surface area contributed by atoms with Crippen molar-refractivity contribution < 1.29 is 28.6 Å². The molecule has 3 aromatic carbocycles. The zero-order valence-corrected chi connectivity index (χ0v) is 25.5. The lowest BCUT2D eigenvalue weighted by molar-refractivity contribution is -0.147. The molecule has 10 heteroatoms. The van der Waals surface area contributed by atoms with Crippen LogP contribution in [0.5, 0.6) is 11.5 Å². The van der Waals surface area contributed by atoms with Crippen LogP contribution in [0.4, 0.5) is 10.1 Å². The molecular formula is C34H35ClFN3O5. The summed E-state index contributed by atoms with van der Waals surface area (Å²) in [5.41, 5.74) is 0.124. The summed E-state index contributed by atoms with van der Waals surface area (Å²) < 4.78 is 19.6. The van der Waals surface area contributed by atoms with E-state index < -0.39 is 46.6 Å². The van der Waals surface area contributed by atoms with Crippen LogP contribution < -0.4 is 15.4 Å². The van der Waals surface area contributed by atoms with Gasteiger partial charge < -0.3 is 25.4 Å². The predicted molar refractivity (Wildman–Crippen MR) is 166 cm³/mol. The third kappa shape index (κ3) is 6.43. The van der Waals surface area contributed by atoms with Crippen molar-refractivity contribution in [3.63, 3.8) is 0 Å². The van der Waals surface area contributed by atoms with Gasteiger partial charge in [0, 0.05) is 29.6 Å². The van der Waals surface area contributed by atoms with E-state index in [4.69, 9.17) is 16.3 Å². The van der Waals surface area contributed by atoms with Crippen LogP contribution in [0.15, 0.2) is 79.4 Å². The number of rotatable bonds is 9. The maximum absolute atomic E-state index is 14.4. The second-order valence-electron chi connectivity index (χ2n) is 12.4. The largest absolute Gasteiger partial charge is 0.479 e. The van der Waals surface area contributed by atoms with Crippen LogP contribution in [-0.2, 0) is 27.3 Å². The number of fused-ring (bicyclic) bond motifs is 1. The van der Waals surface area contributed by atoms with Gasteiger partial charge in [-0.05, 0) is 77.6 Å². The normalized spacial score (nSPS) is 21.4. The van der Waals surface area contributed by atoms with Gasteiger partial charge in [-0.15, -0.1) is 6.58 Å². The molecule has 44 heavy (non-hydrogen) atoms. The van der Waals surface area contributed by atoms with Gasteiger partial charge in [0.05, 0.1) is 0 Å². The zero-order chi connectivity index (χ0) is 31.8. The fourth-order valence-corrected chi connectivity index (χ4v) is 5.78. The molecule has 1 fully saturated rings. The number of carbonyl (C=O) groups excluding carboxylic acids is 2. The maximum Gasteiger partial charge on any atom is 0.330 e. The lowest BCUT2D eigenvalue weighted by Crippen LogP contribution is -2.60. The van der Waals surface area contributed by atoms with E-state index in [1.807, 2.05) is 32.9 Å². The average Bonchev–Trinajstić information content (AvgIpc) is 3.69. The Balaban J connectivity index is 1.48. The van der Waals surface area contributed by atoms with Crippen LogP contribution in [0.25, 0.3) is 0 Å². The molecule has 0 saturated heterocycles. The number of hydrogen-bond donors (Lipinski definition) is 3. The number of anilines is 1. The summed E-state index contributed by atoms with van der Waals surface area (Å²) in [4.78, 5) is 42.0. The smallest absolute Gasteiger partial charge is 0.330 e. The van der Waals surface area contributed by atoms with E-state index in [2.05, 4.69) is 17.2 Å². The highest BCUT2D eigenvalue weighted by Crippen LogP contribution is 2.45. The first-order valence-corrected chi connectivity index (χ1v) is 14.7. The van der Waals surface area contributed by atoms with Crippen LogP contribution >= 0.6 is 11.6 Å². The highest BCUT2D eigenvalue weighted by molar-refractivity contribution is 6.30. The molecule has 1 aliphatic heterocycles. The first-order chi connectivity index (χ1) is 20.8. The number of amides is 2. The molecule has 0 spiro atoms. The molecule has 4 atom stereocenters. The molecule has 0 radical (unpaired) electrons. The number of nitrogens with one attached hydrogen (secondary N) is 2. The number of halogens is 2. The molecule has 0 bridgehead atoms. The quantitative estimate of drug-likeness (QED) is 0.246. The van der Waals surface area contributed by atoms with Gasteiger partial charge in [0.1, 0.15) is 34.9 Å². The van der Waals surface area contributed by atoms with Crippen molar-refractivity contribution in [1.82, 2.24) is 10.2 Å². The minimum absolute atomic E-state index is 0.117. The van der Waals surface area contributed by atoms with Gasteiger partial charge >= 0.3 is 5.97 Å². The summed E-state index contributed by atoms with van der Waals surface area (Å²) in [5, 5.41) is 16.5. The Hall–Kier alpha value is -4.37. The molecule has 2 amide bonds. The van der Waals surface area contributed by atoms with E-state index >= 15 is 0 Å². The van der Waals surface area contributed by atoms with E-state index in [1.165, 1.54) is 23.1 Å². The third-order valence-electron chi connectivity index (χ3n) is 8.22. The Morgan fingerprint density at radius 3 is 2.41 bits per heavy atom. The van der Waals surface area contributed by atoms with Gasteiger partial charge in [-0.2, -0.15) is 0 Å². The van der Waals surface area contributed by atoms with E-state index in [0.29, 0.717) is 22.2 Å². The van der Waals surface area contributed by atoms with Crippen molar-refractivity contribution in [2.45, 2.75) is 57.8 Å². The molecule has 1 aliphatic carbocycles. The molecule has 2 aliphatic rings. The Morgan fingerprint density at radius 1 is 1.09 bits per heavy atom. The monoisotopic (exact) mass is 619 g/mol. The molecule has 4 unspecified atom stereocenters. The second kappa shape index (κ2) is 12.0. The van der Waals surface area contributed by atoms with Crippen LogP contribution in [0.2, 0.25) is 5.02 Å². The number of hydrogen-bond acceptors (Lipinski definition) is 5. The van der Waals surface area contributed by atoms with E-state index in [9.17, 15) is 23.9 Å². The highest BCUT2D eigenvalue weighted by Gasteiger charge is 2.61. The number of carboxylic acids is 1. The van der Waals surface area contributed by atoms with Crippen molar-refractivity contribution in [2.24, 2.45) is 11.3 Å². The Morgan fingerprint density at radius 2 is 1.80 bits per heavy atom. The molecule has 0 aromatic heterocycles. The summed E-state index contributed by atoms with van der Waals surface area (Å²) in [5.74, 6) is -1.78. The van der Waals surface area contributed by atoms with Crippen molar-refractivity contribution in [3.05, 3.63) is 101 Å². The minimum Gasteiger partial charge on any atom is -0.479 e. The van der Waals surface area contributed by atoms with Crippen molar-refractivity contribution >= 4 is 35.1 Å². The summed E-state index contributed by atoms with van der Waals surface area (Å²) in [6, 6.07) is 16.4. The van der Waals surface area contributed by atoms with Gasteiger partial charge in [-0.1, -0.05) is 50.6 Å². The molecular weight excluding hydrogens is 585 g/mol. The lowest BCUT2D eigenvalue weighted by atomic mass is 9.84. The standard InChI is InChI=1S/C34H35ClFN3O5/c1-5-22-18-34(22,32(42)43)38-30(40)28-16-21-15-27(44-26-8-6-7-23(35)17-26)14-9-20(21)19-39(28)31(41)29(33(2,3)4)37-25-12-10-24(36)11-13-25/h5-15,17,22,28-29,37H,1,16,18-19H2,2-4H3,(H,38,40)(H,42,43). The summed E-state index contributed by atoms with van der Waals surface area (Å²) >= 11 is 6.11. The average molecular weight is 620 g/mol. The summed E-state index contributed by atoms with van der Waals surface area (Å²) in [7, 11) is 0. The number of aliphatic carboxylic acids is 1. The van der Waals surface area contributed by atoms with Crippen molar-refractivity contribution in [2.75, 3.05) is 5.32 Å². The fourth-order valence-electron chi connectivity index (χ4n) is 5.60. The predicted octanol–water partition coefficient (Wildman–Crippen LogP) is 6.20. The molecule has 1 saturated carbocycles. The van der Waals surface area contributed by atoms with E-state index in [-0.39, 0.29) is 25.3 Å². The number of nitrogens with zero attached hydrogens (tertiary/aromatic N) is 1. The molecule has 3 N–H and O–H groups in total. The SMILES string of the molecule is C=CC1CC1(NC(=O)C1Cc2cc(Oc3cccc(Cl)c3)ccc2CN1C(=O)C(Nc1ccc(F)cc1)C(C)(C)C)C(=O)O. The van der Waals surface area contributed by atoms with E-state index in [1.54, 1.807) is 42.5 Å². The molecule has 5 rings (SSSR count). The first-order valence-electron chi connectivity index (χ1n) is 14.4. The van der Waals surface area contributed by atoms with E-state index in [0.717, 1.165) is 11.1 Å². The third-order valence-corrected chi connectivity index (χ3v) is 8.46. The number of carbonyl (C=O) groups is 3. The molecule has 3 aromatic rings. The Kier molecular flexibility index (Phi) is 8.44. The molecule has 8 nitrogen and oxygen atoms in total. The van der Waals surface area contributed by atoms with Gasteiger partial charge in [-0.25, -0.2) is 9.18 Å². The Labute approximate surface area is 260 Å². The van der Waals surface area contributed by atoms with Crippen LogP contribution in [0.3, 0.4) is 0 Å². The van der Waals surface area contributed by atoms with Gasteiger partial charge in [-0.3, -0.25) is 9.59 Å². The Bertz CT molecular complexity index is 1610. The maximum atomic E-state index is 14.4. The van der Waals surface area contributed by atoms with Crippen LogP contribution in [0.1, 0.15) is 38.3 Å². The highest BCUT2D eigenvalue weighted by atomic mass is 35.5. The first kappa shape index (κ1) is 31.1. The number of carboxylic acid groups (broad SMARTS) is 1. The molecule has 1 heterocycles. The van der Waals surface area contributed by atoms with Gasteiger partial charge in [0.25, 0.3) is 0 Å². The topological polar surface area (TPSA) is 108 Å². The van der Waals surface area contributed by atoms with Crippen molar-refractivity contribution in [1.29, 1.82) is 0 Å². The lowest BCUT2D eigenvalue weighted by Gasteiger charge is -2.41. The number of ether oxygens (including phenoxy) is 1.